The van der Waals surface area contributed by atoms with Gasteiger partial charge in [0.25, 0.3) is 11.8 Å². The van der Waals surface area contributed by atoms with E-state index in [1.54, 1.807) is 6.20 Å². The first-order valence-electron chi connectivity index (χ1n) is 13.8. The molecule has 3 atom stereocenters. The third-order valence-electron chi connectivity index (χ3n) is 7.15. The number of carbonyl (C=O) groups excluding carboxylic acids is 3. The lowest BCUT2D eigenvalue weighted by molar-refractivity contribution is -0.664. The van der Waals surface area contributed by atoms with Crippen molar-refractivity contribution in [1.82, 2.24) is 30.1 Å². The van der Waals surface area contributed by atoms with Crippen LogP contribution in [0.2, 0.25) is 4.34 Å². The molecule has 244 valence electrons. The number of carbonyl (C=O) groups is 4. The van der Waals surface area contributed by atoms with Gasteiger partial charge in [-0.2, -0.15) is 0 Å². The highest BCUT2D eigenvalue weighted by molar-refractivity contribution is 8.00. The number of carboxylic acid groups (broad SMARTS) is 1. The second-order valence-electron chi connectivity index (χ2n) is 10.1. The largest absolute Gasteiger partial charge is 0.478 e. The number of carboxylic acids is 1. The van der Waals surface area contributed by atoms with Gasteiger partial charge in [0.05, 0.1) is 18.5 Å². The molecule has 0 aromatic carbocycles. The van der Waals surface area contributed by atoms with Crippen molar-refractivity contribution in [1.29, 1.82) is 0 Å². The van der Waals surface area contributed by atoms with E-state index in [0.717, 1.165) is 16.9 Å². The topological polar surface area (TPSA) is 244 Å². The first-order chi connectivity index (χ1) is 22.0. The van der Waals surface area contributed by atoms with Crippen LogP contribution in [-0.4, -0.2) is 102 Å². The average Bonchev–Trinajstić information content (AvgIpc) is 3.54. The Morgan fingerprint density at radius 2 is 2.13 bits per heavy atom. The number of nitrogens with two attached hydrogens (primary N) is 2. The summed E-state index contributed by atoms with van der Waals surface area (Å²) in [6.07, 6.45) is 1.03. The van der Waals surface area contributed by atoms with Crippen molar-refractivity contribution < 1.29 is 38.8 Å². The van der Waals surface area contributed by atoms with Crippen LogP contribution in [0.5, 0.6) is 0 Å². The van der Waals surface area contributed by atoms with Crippen LogP contribution in [0.3, 0.4) is 0 Å². The molecule has 3 aromatic rings. The molecular formula is C26H30ClN10O7S2+. The molecule has 5 heterocycles. The highest BCUT2D eigenvalue weighted by Gasteiger charge is 2.53. The number of hydrogen-bond donors (Lipinski definition) is 6. The van der Waals surface area contributed by atoms with Crippen LogP contribution >= 0.6 is 34.7 Å². The van der Waals surface area contributed by atoms with Gasteiger partial charge in [-0.05, 0) is 24.0 Å². The molecule has 17 nitrogen and oxygen atoms in total. The lowest BCUT2D eigenvalue weighted by atomic mass is 10.0. The SMILES string of the molecule is C[C@H](O/N=C(\C(=O)NC1C(=O)N2C(C=O)=C(C[n+]3cccc4c3nc(N)n4CCNCCO)CSC12)c1nc(N)sc1Cl)C(=O)O. The van der Waals surface area contributed by atoms with Gasteiger partial charge in [0.2, 0.25) is 6.10 Å². The number of halogens is 1. The van der Waals surface area contributed by atoms with Crippen LogP contribution < -0.4 is 26.7 Å². The van der Waals surface area contributed by atoms with Gasteiger partial charge in [0, 0.05) is 31.0 Å². The van der Waals surface area contributed by atoms with Crippen LogP contribution in [0.4, 0.5) is 11.1 Å². The molecule has 5 rings (SSSR count). The second-order valence-corrected chi connectivity index (χ2v) is 12.8. The summed E-state index contributed by atoms with van der Waals surface area (Å²) in [4.78, 5) is 65.0. The Kier molecular flexibility index (Phi) is 10.1. The predicted molar refractivity (Wildman–Crippen MR) is 169 cm³/mol. The molecule has 0 bridgehead atoms. The second kappa shape index (κ2) is 14.0. The maximum Gasteiger partial charge on any atom is 0.351 e. The minimum atomic E-state index is -1.39. The maximum absolute atomic E-state index is 13.3. The van der Waals surface area contributed by atoms with Gasteiger partial charge in [-0.1, -0.05) is 28.1 Å². The van der Waals surface area contributed by atoms with Gasteiger partial charge in [-0.3, -0.25) is 23.9 Å². The predicted octanol–water partition coefficient (Wildman–Crippen LogP) is -1.07. The number of aliphatic hydroxyl groups excluding tert-OH is 1. The van der Waals surface area contributed by atoms with Crippen molar-refractivity contribution in [3.63, 3.8) is 0 Å². The van der Waals surface area contributed by atoms with E-state index in [1.807, 2.05) is 21.3 Å². The Balaban J connectivity index is 1.34. The molecule has 0 saturated carbocycles. The van der Waals surface area contributed by atoms with Crippen LogP contribution in [0.1, 0.15) is 12.6 Å². The molecule has 2 amide bonds. The number of thiazole rings is 1. The number of nitrogen functional groups attached to an aromatic ring is 2. The number of allylic oxidation sites excluding steroid dienone is 1. The van der Waals surface area contributed by atoms with E-state index in [0.29, 0.717) is 48.8 Å². The van der Waals surface area contributed by atoms with Gasteiger partial charge in [-0.25, -0.2) is 14.3 Å². The highest BCUT2D eigenvalue weighted by atomic mass is 35.5. The minimum absolute atomic E-state index is 0.0138. The standard InChI is InChI=1S/C26H29ClN10O7S2/c1-12(24(42)43)44-34-17(16-19(27)46-26(29)32-16)21(40)31-18-22(41)37-15(10-39)13(11-45-23(18)37)9-35-6-2-3-14-20(35)33-25(28)36(14)7-4-30-5-8-38/h2-3,6,10,12,18,23,28,30,38H,4-5,7-9,11H2,1H3,(H4,29,31,32,40,42,43)/p+1/b34-17-/t12-,18?,23?/m0/s1. The molecule has 46 heavy (non-hydrogen) atoms. The van der Waals surface area contributed by atoms with Crippen molar-refractivity contribution in [3.05, 3.63) is 39.6 Å². The van der Waals surface area contributed by atoms with Crippen molar-refractivity contribution in [2.45, 2.75) is 37.5 Å². The normalized spacial score (nSPS) is 18.7. The number of hydrogen-bond acceptors (Lipinski definition) is 14. The number of aliphatic hydroxyl groups is 1. The number of nitrogens with zero attached hydrogens (tertiary/aromatic N) is 6. The zero-order valence-corrected chi connectivity index (χ0v) is 26.6. The number of oxime groups is 1. The van der Waals surface area contributed by atoms with Crippen LogP contribution in [0, 0.1) is 0 Å². The molecular weight excluding hydrogens is 664 g/mol. The molecule has 1 saturated heterocycles. The molecule has 1 fully saturated rings. The summed E-state index contributed by atoms with van der Waals surface area (Å²) < 4.78 is 3.71. The molecule has 0 aliphatic carbocycles. The summed E-state index contributed by atoms with van der Waals surface area (Å²) in [5, 5.41) is 26.9. The third-order valence-corrected chi connectivity index (χ3v) is 9.58. The molecule has 3 aromatic heterocycles. The fraction of sp³-hybridized carbons (Fsp3) is 0.385. The molecule has 0 spiro atoms. The molecule has 2 aliphatic heterocycles. The Morgan fingerprint density at radius 3 is 2.80 bits per heavy atom. The molecule has 8 N–H and O–H groups in total. The number of thioether (sulfide) groups is 1. The number of aliphatic carboxylic acids is 1. The lowest BCUT2D eigenvalue weighted by Gasteiger charge is -2.49. The number of aldehydes is 1. The summed E-state index contributed by atoms with van der Waals surface area (Å²) in [5.74, 6) is -2.06. The van der Waals surface area contributed by atoms with Crippen molar-refractivity contribution >= 4 is 86.7 Å². The number of fused-ring (bicyclic) bond motifs is 2. The number of pyridine rings is 1. The van der Waals surface area contributed by atoms with Crippen molar-refractivity contribution in [3.8, 4) is 0 Å². The monoisotopic (exact) mass is 693 g/mol. The Labute approximate surface area is 274 Å². The average molecular weight is 694 g/mol. The Bertz CT molecular complexity index is 1760. The number of anilines is 2. The fourth-order valence-electron chi connectivity index (χ4n) is 4.88. The molecule has 2 unspecified atom stereocenters. The number of aromatic nitrogens is 4. The smallest absolute Gasteiger partial charge is 0.351 e. The minimum Gasteiger partial charge on any atom is -0.478 e. The zero-order chi connectivity index (χ0) is 33.1. The van der Waals surface area contributed by atoms with Crippen molar-refractivity contribution in [2.24, 2.45) is 5.16 Å². The molecule has 2 aliphatic rings. The number of rotatable bonds is 14. The quantitative estimate of drug-likeness (QED) is 0.0294. The van der Waals surface area contributed by atoms with Gasteiger partial charge < -0.3 is 37.2 Å². The first-order valence-corrected chi connectivity index (χ1v) is 16.1. The highest BCUT2D eigenvalue weighted by Crippen LogP contribution is 2.40. The van der Waals surface area contributed by atoms with Gasteiger partial charge in [0.1, 0.15) is 33.5 Å². The van der Waals surface area contributed by atoms with Gasteiger partial charge >= 0.3 is 17.6 Å². The van der Waals surface area contributed by atoms with E-state index in [-0.39, 0.29) is 34.0 Å². The van der Waals surface area contributed by atoms with E-state index in [2.05, 4.69) is 25.8 Å². The lowest BCUT2D eigenvalue weighted by Crippen LogP contribution is -2.70. The van der Waals surface area contributed by atoms with Gasteiger partial charge in [-0.15, -0.1) is 11.8 Å². The summed E-state index contributed by atoms with van der Waals surface area (Å²) in [5.41, 5.74) is 13.6. The number of β-lactam (4-membered cyclic amide) rings is 1. The Hall–Kier alpha value is -4.30. The summed E-state index contributed by atoms with van der Waals surface area (Å²) in [7, 11) is 0. The third kappa shape index (κ3) is 6.49. The van der Waals surface area contributed by atoms with E-state index < -0.39 is 41.0 Å². The maximum atomic E-state index is 13.3. The summed E-state index contributed by atoms with van der Waals surface area (Å²) in [6.45, 7) is 3.05. The van der Waals surface area contributed by atoms with Crippen LogP contribution in [-0.2, 0) is 37.1 Å². The van der Waals surface area contributed by atoms with Crippen LogP contribution in [0.25, 0.3) is 11.2 Å². The first kappa shape index (κ1) is 33.1. The molecule has 0 radical (unpaired) electrons. The van der Waals surface area contributed by atoms with E-state index in [1.165, 1.54) is 23.6 Å². The van der Waals surface area contributed by atoms with Crippen LogP contribution in [0.15, 0.2) is 34.8 Å². The van der Waals surface area contributed by atoms with Gasteiger partial charge in [0.15, 0.2) is 17.1 Å². The van der Waals surface area contributed by atoms with Crippen molar-refractivity contribution in [2.75, 3.05) is 36.9 Å². The number of imidazole rings is 1. The molecule has 20 heteroatoms. The zero-order valence-electron chi connectivity index (χ0n) is 24.3. The number of nitrogens with one attached hydrogen (secondary N) is 2. The van der Waals surface area contributed by atoms with E-state index >= 15 is 0 Å². The fourth-order valence-corrected chi connectivity index (χ4v) is 7.16. The summed E-state index contributed by atoms with van der Waals surface area (Å²) >= 11 is 8.41. The number of amides is 2. The van der Waals surface area contributed by atoms with E-state index in [4.69, 9.17) is 38.1 Å². The summed E-state index contributed by atoms with van der Waals surface area (Å²) in [6, 6.07) is 2.69. The Morgan fingerprint density at radius 1 is 1.35 bits per heavy atom. The van der Waals surface area contributed by atoms with E-state index in [9.17, 15) is 19.2 Å².